The monoisotopic (exact) mass is 504 g/mol. The minimum atomic E-state index is -0.378. The molecule has 0 saturated carbocycles. The number of nitrogens with zero attached hydrogens (tertiary/aromatic N) is 6. The Morgan fingerprint density at radius 1 is 1.05 bits per heavy atom. The van der Waals surface area contributed by atoms with Gasteiger partial charge in [0.15, 0.2) is 0 Å². The Morgan fingerprint density at radius 3 is 2.76 bits per heavy atom. The second kappa shape index (κ2) is 10.3. The third-order valence-electron chi connectivity index (χ3n) is 7.19. The summed E-state index contributed by atoms with van der Waals surface area (Å²) >= 11 is 0. The second-order valence-electron chi connectivity index (χ2n) is 9.76. The first-order valence-electron chi connectivity index (χ1n) is 13.0. The summed E-state index contributed by atoms with van der Waals surface area (Å²) in [5, 5.41) is 8.00. The maximum atomic E-state index is 12.0. The van der Waals surface area contributed by atoms with Crippen LogP contribution in [0, 0.1) is 0 Å². The highest BCUT2D eigenvalue weighted by atomic mass is 16.6. The van der Waals surface area contributed by atoms with Gasteiger partial charge in [0.1, 0.15) is 24.1 Å². The molecule has 0 unspecified atom stereocenters. The number of rotatable bonds is 6. The first kappa shape index (κ1) is 23.7. The van der Waals surface area contributed by atoms with Crippen molar-refractivity contribution in [3.63, 3.8) is 0 Å². The van der Waals surface area contributed by atoms with Gasteiger partial charge in [0.2, 0.25) is 0 Å². The van der Waals surface area contributed by atoms with E-state index in [-0.39, 0.29) is 12.1 Å². The van der Waals surface area contributed by atoms with Gasteiger partial charge in [-0.05, 0) is 37.8 Å². The highest BCUT2D eigenvalue weighted by molar-refractivity contribution is 5.88. The zero-order chi connectivity index (χ0) is 25.2. The molecule has 0 aliphatic carbocycles. The van der Waals surface area contributed by atoms with Crippen LogP contribution in [0.25, 0.3) is 11.1 Å². The number of anilines is 4. The molecule has 11 heteroatoms. The van der Waals surface area contributed by atoms with Gasteiger partial charge in [0.25, 0.3) is 0 Å². The zero-order valence-corrected chi connectivity index (χ0v) is 20.8. The van der Waals surface area contributed by atoms with E-state index in [1.165, 1.54) is 4.90 Å². The van der Waals surface area contributed by atoms with Crippen LogP contribution in [-0.2, 0) is 9.47 Å². The topological polar surface area (TPSA) is 124 Å². The maximum Gasteiger partial charge on any atom is 0.415 e. The number of ether oxygens (including phenoxy) is 2. The number of amides is 1. The van der Waals surface area contributed by atoms with E-state index in [1.54, 1.807) is 6.07 Å². The summed E-state index contributed by atoms with van der Waals surface area (Å²) in [4.78, 5) is 25.2. The van der Waals surface area contributed by atoms with Gasteiger partial charge >= 0.3 is 6.09 Å². The normalized spacial score (nSPS) is 20.8. The van der Waals surface area contributed by atoms with Crippen LogP contribution in [-0.4, -0.2) is 71.3 Å². The molecule has 6 heterocycles. The fourth-order valence-electron chi connectivity index (χ4n) is 5.23. The quantitative estimate of drug-likeness (QED) is 0.520. The highest BCUT2D eigenvalue weighted by Gasteiger charge is 2.25. The van der Waals surface area contributed by atoms with Gasteiger partial charge in [-0.2, -0.15) is 5.10 Å². The second-order valence-corrected chi connectivity index (χ2v) is 9.76. The number of cyclic esters (lactones) is 1. The van der Waals surface area contributed by atoms with Crippen molar-refractivity contribution in [2.75, 3.05) is 54.6 Å². The SMILES string of the molecule is N[C@H]1CCCN(c2cc(Nc3cccc(N4CCOC4=O)n3)ncc2-c2cnn(C3CCOCC3)c2)C1. The van der Waals surface area contributed by atoms with E-state index >= 15 is 0 Å². The number of piperidine rings is 1. The summed E-state index contributed by atoms with van der Waals surface area (Å²) in [6, 6.07) is 8.06. The molecule has 3 aromatic rings. The van der Waals surface area contributed by atoms with Crippen molar-refractivity contribution in [3.8, 4) is 11.1 Å². The van der Waals surface area contributed by atoms with Crippen LogP contribution in [0.15, 0.2) is 42.9 Å². The molecule has 3 N–H and O–H groups in total. The van der Waals surface area contributed by atoms with Crippen LogP contribution in [0.5, 0.6) is 0 Å². The van der Waals surface area contributed by atoms with Gasteiger partial charge in [-0.1, -0.05) is 6.07 Å². The Labute approximate surface area is 215 Å². The number of nitrogens with two attached hydrogens (primary N) is 1. The molecule has 0 spiro atoms. The van der Waals surface area contributed by atoms with Gasteiger partial charge < -0.3 is 25.4 Å². The Bertz CT molecular complexity index is 1260. The summed E-state index contributed by atoms with van der Waals surface area (Å²) in [7, 11) is 0. The molecule has 0 radical (unpaired) electrons. The van der Waals surface area contributed by atoms with Crippen LogP contribution < -0.4 is 20.9 Å². The zero-order valence-electron chi connectivity index (χ0n) is 20.8. The van der Waals surface area contributed by atoms with E-state index in [1.807, 2.05) is 24.5 Å². The van der Waals surface area contributed by atoms with Crippen LogP contribution in [0.1, 0.15) is 31.7 Å². The number of hydrogen-bond acceptors (Lipinski definition) is 9. The molecule has 3 saturated heterocycles. The predicted octanol–water partition coefficient (Wildman–Crippen LogP) is 3.32. The molecule has 3 fully saturated rings. The molecule has 194 valence electrons. The average molecular weight is 505 g/mol. The van der Waals surface area contributed by atoms with Crippen molar-refractivity contribution in [2.24, 2.45) is 5.73 Å². The third-order valence-corrected chi connectivity index (χ3v) is 7.19. The molecular formula is C26H32N8O3. The maximum absolute atomic E-state index is 12.0. The summed E-state index contributed by atoms with van der Waals surface area (Å²) < 4.78 is 12.6. The van der Waals surface area contributed by atoms with E-state index in [0.717, 1.165) is 68.8 Å². The number of pyridine rings is 2. The van der Waals surface area contributed by atoms with Gasteiger partial charge in [-0.25, -0.2) is 14.8 Å². The predicted molar refractivity (Wildman–Crippen MR) is 140 cm³/mol. The summed E-state index contributed by atoms with van der Waals surface area (Å²) in [6.45, 7) is 4.12. The van der Waals surface area contributed by atoms with Crippen molar-refractivity contribution in [1.82, 2.24) is 19.7 Å². The molecule has 3 aliphatic rings. The van der Waals surface area contributed by atoms with E-state index in [9.17, 15) is 4.79 Å². The van der Waals surface area contributed by atoms with E-state index in [0.29, 0.717) is 36.6 Å². The van der Waals surface area contributed by atoms with Crippen LogP contribution >= 0.6 is 0 Å². The fraction of sp³-hybridized carbons (Fsp3) is 0.462. The largest absolute Gasteiger partial charge is 0.447 e. The van der Waals surface area contributed by atoms with E-state index < -0.39 is 0 Å². The van der Waals surface area contributed by atoms with Crippen molar-refractivity contribution in [1.29, 1.82) is 0 Å². The summed E-state index contributed by atoms with van der Waals surface area (Å²) in [5.41, 5.74) is 9.48. The lowest BCUT2D eigenvalue weighted by Gasteiger charge is -2.34. The Kier molecular flexibility index (Phi) is 6.62. The lowest BCUT2D eigenvalue weighted by molar-refractivity contribution is 0.0662. The van der Waals surface area contributed by atoms with Gasteiger partial charge in [0.05, 0.1) is 18.8 Å². The van der Waals surface area contributed by atoms with Crippen molar-refractivity contribution in [2.45, 2.75) is 37.8 Å². The van der Waals surface area contributed by atoms with Crippen LogP contribution in [0.4, 0.5) is 27.9 Å². The molecule has 37 heavy (non-hydrogen) atoms. The van der Waals surface area contributed by atoms with E-state index in [2.05, 4.69) is 37.2 Å². The van der Waals surface area contributed by atoms with Crippen molar-refractivity contribution in [3.05, 3.63) is 42.9 Å². The average Bonchev–Trinajstić information content (AvgIpc) is 3.59. The number of nitrogens with one attached hydrogen (secondary N) is 1. The minimum Gasteiger partial charge on any atom is -0.447 e. The molecule has 0 aromatic carbocycles. The molecule has 0 bridgehead atoms. The van der Waals surface area contributed by atoms with E-state index in [4.69, 9.17) is 20.2 Å². The Balaban J connectivity index is 1.30. The lowest BCUT2D eigenvalue weighted by Crippen LogP contribution is -2.43. The first-order chi connectivity index (χ1) is 18.1. The van der Waals surface area contributed by atoms with Gasteiger partial charge in [-0.15, -0.1) is 0 Å². The number of hydrogen-bond donors (Lipinski definition) is 2. The smallest absolute Gasteiger partial charge is 0.415 e. The lowest BCUT2D eigenvalue weighted by atomic mass is 10.0. The van der Waals surface area contributed by atoms with Crippen LogP contribution in [0.3, 0.4) is 0 Å². The minimum absolute atomic E-state index is 0.134. The number of carbonyl (C=O) groups excluding carboxylic acids is 1. The molecule has 11 nitrogen and oxygen atoms in total. The summed E-state index contributed by atoms with van der Waals surface area (Å²) in [5.74, 6) is 1.82. The van der Waals surface area contributed by atoms with Crippen molar-refractivity contribution < 1.29 is 14.3 Å². The first-order valence-corrected chi connectivity index (χ1v) is 13.0. The highest BCUT2D eigenvalue weighted by Crippen LogP contribution is 2.35. The molecule has 1 amide bonds. The van der Waals surface area contributed by atoms with Gasteiger partial charge in [0, 0.05) is 67.6 Å². The Hall–Kier alpha value is -3.70. The van der Waals surface area contributed by atoms with Gasteiger partial charge in [-0.3, -0.25) is 9.58 Å². The summed E-state index contributed by atoms with van der Waals surface area (Å²) in [6.07, 6.45) is 9.57. The Morgan fingerprint density at radius 2 is 1.95 bits per heavy atom. The van der Waals surface area contributed by atoms with Crippen molar-refractivity contribution >= 4 is 29.2 Å². The third kappa shape index (κ3) is 5.09. The molecular weight excluding hydrogens is 472 g/mol. The standard InChI is InChI=1S/C26H32N8O3/c27-19-3-2-8-32(17-19)22-13-24(30-23-4-1-5-25(31-23)33-9-12-37-26(33)35)28-15-21(22)18-14-29-34(16-18)20-6-10-36-11-7-20/h1,4-5,13-16,19-20H,2-3,6-12,17,27H2,(H,28,30,31)/t19-/m0/s1. The molecule has 3 aromatic heterocycles. The number of aromatic nitrogens is 4. The molecule has 3 aliphatic heterocycles. The molecule has 1 atom stereocenters. The molecule has 6 rings (SSSR count). The fourth-order valence-corrected chi connectivity index (χ4v) is 5.23. The number of carbonyl (C=O) groups is 1. The van der Waals surface area contributed by atoms with Crippen LogP contribution in [0.2, 0.25) is 0 Å².